The van der Waals surface area contributed by atoms with Crippen LogP contribution in [0.3, 0.4) is 0 Å². The first kappa shape index (κ1) is 22.0. The van der Waals surface area contributed by atoms with Crippen LogP contribution in [-0.4, -0.2) is 50.9 Å². The minimum atomic E-state index is -1.02. The van der Waals surface area contributed by atoms with Crippen LogP contribution in [0, 0.1) is 0 Å². The lowest BCUT2D eigenvalue weighted by Crippen LogP contribution is -2.36. The van der Waals surface area contributed by atoms with Crippen molar-refractivity contribution in [3.8, 4) is 11.1 Å². The van der Waals surface area contributed by atoms with Gasteiger partial charge in [0, 0.05) is 12.0 Å². The zero-order chi connectivity index (χ0) is 23.4. The topological polar surface area (TPSA) is 146 Å². The number of carboxylic acid groups (broad SMARTS) is 1. The van der Waals surface area contributed by atoms with Crippen molar-refractivity contribution in [2.24, 2.45) is 0 Å². The summed E-state index contributed by atoms with van der Waals surface area (Å²) in [6.07, 6.45) is -0.515. The molecule has 1 aromatic heterocycles. The summed E-state index contributed by atoms with van der Waals surface area (Å²) >= 11 is 0. The van der Waals surface area contributed by atoms with Crippen molar-refractivity contribution in [3.05, 3.63) is 65.5 Å². The molecule has 0 aliphatic heterocycles. The number of aromatic nitrogens is 3. The summed E-state index contributed by atoms with van der Waals surface area (Å²) in [4.78, 5) is 39.4. The number of anilines is 1. The fraction of sp³-hybridized carbons (Fsp3) is 0.261. The second kappa shape index (κ2) is 9.51. The summed E-state index contributed by atoms with van der Waals surface area (Å²) in [5, 5.41) is 20.1. The lowest BCUT2D eigenvalue weighted by molar-refractivity contribution is -0.137. The average molecular weight is 449 g/mol. The molecule has 10 nitrogen and oxygen atoms in total. The van der Waals surface area contributed by atoms with Crippen LogP contribution in [-0.2, 0) is 9.53 Å². The maximum Gasteiger partial charge on any atom is 0.414 e. The molecule has 1 aliphatic carbocycles. The van der Waals surface area contributed by atoms with Crippen LogP contribution in [0.15, 0.2) is 48.5 Å². The number of nitrogens with zero attached hydrogens (tertiary/aromatic N) is 2. The molecule has 170 valence electrons. The molecule has 33 heavy (non-hydrogen) atoms. The van der Waals surface area contributed by atoms with Gasteiger partial charge in [0.15, 0.2) is 0 Å². The quantitative estimate of drug-likeness (QED) is 0.413. The molecule has 10 heteroatoms. The van der Waals surface area contributed by atoms with Crippen LogP contribution in [0.1, 0.15) is 47.4 Å². The van der Waals surface area contributed by atoms with E-state index in [1.807, 2.05) is 48.5 Å². The minimum Gasteiger partial charge on any atom is -0.481 e. The fourth-order valence-electron chi connectivity index (χ4n) is 3.91. The van der Waals surface area contributed by atoms with Crippen molar-refractivity contribution in [2.45, 2.75) is 31.7 Å². The van der Waals surface area contributed by atoms with Gasteiger partial charge in [0.25, 0.3) is 11.9 Å². The molecule has 0 unspecified atom stereocenters. The third-order valence-corrected chi connectivity index (χ3v) is 5.51. The summed E-state index contributed by atoms with van der Waals surface area (Å²) in [5.74, 6) is -1.98. The number of hydrogen-bond acceptors (Lipinski definition) is 6. The molecule has 0 bridgehead atoms. The van der Waals surface area contributed by atoms with Gasteiger partial charge in [-0.3, -0.25) is 20.0 Å². The predicted molar refractivity (Wildman–Crippen MR) is 119 cm³/mol. The molecule has 0 saturated heterocycles. The number of aromatic amines is 1. The van der Waals surface area contributed by atoms with Crippen molar-refractivity contribution in [1.29, 1.82) is 0 Å². The van der Waals surface area contributed by atoms with Crippen molar-refractivity contribution < 1.29 is 24.2 Å². The third-order valence-electron chi connectivity index (χ3n) is 5.51. The second-order valence-electron chi connectivity index (χ2n) is 7.63. The van der Waals surface area contributed by atoms with Crippen LogP contribution in [0.25, 0.3) is 11.1 Å². The van der Waals surface area contributed by atoms with Gasteiger partial charge in [-0.25, -0.2) is 4.79 Å². The molecule has 0 fully saturated rings. The Morgan fingerprint density at radius 2 is 1.73 bits per heavy atom. The van der Waals surface area contributed by atoms with Gasteiger partial charge in [0.05, 0.1) is 6.42 Å². The van der Waals surface area contributed by atoms with E-state index in [-0.39, 0.29) is 30.7 Å². The highest BCUT2D eigenvalue weighted by atomic mass is 16.5. The van der Waals surface area contributed by atoms with Crippen molar-refractivity contribution in [2.75, 3.05) is 11.9 Å². The third kappa shape index (κ3) is 4.84. The number of amides is 2. The Hall–Kier alpha value is -4.21. The smallest absolute Gasteiger partial charge is 0.414 e. The van der Waals surface area contributed by atoms with Crippen LogP contribution in [0.2, 0.25) is 0 Å². The molecule has 0 radical (unpaired) electrons. The summed E-state index contributed by atoms with van der Waals surface area (Å²) < 4.78 is 5.43. The van der Waals surface area contributed by atoms with E-state index >= 15 is 0 Å². The zero-order valence-corrected chi connectivity index (χ0v) is 17.9. The molecule has 4 N–H and O–H groups in total. The molecule has 2 amide bonds. The summed E-state index contributed by atoms with van der Waals surface area (Å²) in [6, 6.07) is 15.5. The number of carbonyl (C=O) groups is 3. The Balaban J connectivity index is 1.35. The first-order valence-electron chi connectivity index (χ1n) is 10.5. The van der Waals surface area contributed by atoms with Gasteiger partial charge in [-0.15, -0.1) is 5.10 Å². The van der Waals surface area contributed by atoms with Gasteiger partial charge in [-0.05, 0) is 28.7 Å². The number of aliphatic carboxylic acids is 1. The van der Waals surface area contributed by atoms with E-state index in [9.17, 15) is 14.4 Å². The van der Waals surface area contributed by atoms with Crippen LogP contribution >= 0.6 is 0 Å². The Morgan fingerprint density at radius 1 is 1.09 bits per heavy atom. The Kier molecular flexibility index (Phi) is 6.34. The number of benzene rings is 2. The highest BCUT2D eigenvalue weighted by molar-refractivity contribution is 5.92. The fourth-order valence-corrected chi connectivity index (χ4v) is 3.91. The van der Waals surface area contributed by atoms with E-state index < -0.39 is 24.0 Å². The highest BCUT2D eigenvalue weighted by Crippen LogP contribution is 2.44. The number of hydrogen-bond donors (Lipinski definition) is 4. The Labute approximate surface area is 189 Å². The first-order valence-corrected chi connectivity index (χ1v) is 10.5. The van der Waals surface area contributed by atoms with Crippen LogP contribution < -0.4 is 10.6 Å². The maximum absolute atomic E-state index is 12.3. The number of carbonyl (C=O) groups excluding carboxylic acids is 2. The average Bonchev–Trinajstić information content (AvgIpc) is 3.39. The SMILES string of the molecule is CC[C@H](CC(=O)O)NC(=O)c1nc(NC(=O)OCC2c3ccccc3-c3ccccc32)n[nH]1. The largest absolute Gasteiger partial charge is 0.481 e. The van der Waals surface area contributed by atoms with Crippen molar-refractivity contribution >= 4 is 23.9 Å². The van der Waals surface area contributed by atoms with Crippen molar-refractivity contribution in [1.82, 2.24) is 20.5 Å². The number of ether oxygens (including phenoxy) is 1. The van der Waals surface area contributed by atoms with Gasteiger partial charge in [-0.2, -0.15) is 4.98 Å². The van der Waals surface area contributed by atoms with E-state index in [2.05, 4.69) is 25.8 Å². The molecule has 0 saturated carbocycles. The van der Waals surface area contributed by atoms with Crippen molar-refractivity contribution in [3.63, 3.8) is 0 Å². The van der Waals surface area contributed by atoms with E-state index in [0.29, 0.717) is 6.42 Å². The van der Waals surface area contributed by atoms with Crippen LogP contribution in [0.4, 0.5) is 10.7 Å². The standard InChI is InChI=1S/C23H23N5O5/c1-2-13(11-19(29)30)24-21(31)20-25-22(28-27-20)26-23(32)33-12-18-16-9-5-3-7-14(16)15-8-4-6-10-17(15)18/h3-10,13,18H,2,11-12H2,1H3,(H,24,31)(H,29,30)(H2,25,26,27,28,32)/t13-/m1/s1. The van der Waals surface area contributed by atoms with Gasteiger partial charge in [-0.1, -0.05) is 55.5 Å². The summed E-state index contributed by atoms with van der Waals surface area (Å²) in [6.45, 7) is 1.89. The van der Waals surface area contributed by atoms with Crippen LogP contribution in [0.5, 0.6) is 0 Å². The second-order valence-corrected chi connectivity index (χ2v) is 7.63. The molecule has 1 heterocycles. The molecule has 2 aromatic carbocycles. The maximum atomic E-state index is 12.3. The number of rotatable bonds is 8. The zero-order valence-electron chi connectivity index (χ0n) is 17.9. The minimum absolute atomic E-state index is 0.0863. The molecule has 3 aromatic rings. The van der Waals surface area contributed by atoms with Gasteiger partial charge < -0.3 is 15.2 Å². The molecule has 0 spiro atoms. The number of carboxylic acids is 1. The molecule has 4 rings (SSSR count). The molecular formula is C23H23N5O5. The highest BCUT2D eigenvalue weighted by Gasteiger charge is 2.29. The van der Waals surface area contributed by atoms with E-state index in [4.69, 9.17) is 9.84 Å². The number of nitrogens with one attached hydrogen (secondary N) is 3. The first-order chi connectivity index (χ1) is 16.0. The summed E-state index contributed by atoms with van der Waals surface area (Å²) in [5.41, 5.74) is 4.44. The Bertz CT molecular complexity index is 1150. The van der Waals surface area contributed by atoms with E-state index in [1.54, 1.807) is 6.92 Å². The summed E-state index contributed by atoms with van der Waals surface area (Å²) in [7, 11) is 0. The molecular weight excluding hydrogens is 426 g/mol. The van der Waals surface area contributed by atoms with Gasteiger partial charge in [0.2, 0.25) is 5.82 Å². The molecule has 1 aliphatic rings. The predicted octanol–water partition coefficient (Wildman–Crippen LogP) is 3.15. The number of H-pyrrole nitrogens is 1. The Morgan fingerprint density at radius 3 is 2.33 bits per heavy atom. The number of fused-ring (bicyclic) bond motifs is 3. The monoisotopic (exact) mass is 449 g/mol. The lowest BCUT2D eigenvalue weighted by Gasteiger charge is -2.14. The van der Waals surface area contributed by atoms with Gasteiger partial charge >= 0.3 is 12.1 Å². The lowest BCUT2D eigenvalue weighted by atomic mass is 9.98. The van der Waals surface area contributed by atoms with Gasteiger partial charge in [0.1, 0.15) is 6.61 Å². The van der Waals surface area contributed by atoms with E-state index in [0.717, 1.165) is 22.3 Å². The molecule has 1 atom stereocenters. The normalized spacial score (nSPS) is 13.0. The van der Waals surface area contributed by atoms with E-state index in [1.165, 1.54) is 0 Å².